The summed E-state index contributed by atoms with van der Waals surface area (Å²) in [6.45, 7) is 1.52. The summed E-state index contributed by atoms with van der Waals surface area (Å²) in [6, 6.07) is 6.78. The Morgan fingerprint density at radius 2 is 1.92 bits per heavy atom. The minimum atomic E-state index is -0.350. The van der Waals surface area contributed by atoms with Crippen molar-refractivity contribution in [1.29, 1.82) is 0 Å². The number of carbonyl (C=O) groups is 2. The number of likely N-dealkylation sites (tertiary alicyclic amines) is 1. The van der Waals surface area contributed by atoms with E-state index in [2.05, 4.69) is 10.2 Å². The summed E-state index contributed by atoms with van der Waals surface area (Å²) in [5.74, 6) is 0.0137. The number of methoxy groups -OCH3 is 1. The van der Waals surface area contributed by atoms with E-state index in [1.807, 2.05) is 0 Å². The first-order valence-corrected chi connectivity index (χ1v) is 9.39. The summed E-state index contributed by atoms with van der Waals surface area (Å²) in [4.78, 5) is 26.2. The van der Waals surface area contributed by atoms with Gasteiger partial charge < -0.3 is 10.1 Å². The SMILES string of the molecule is COC(=O)C[C@H]1CC[C@@H](CNC(=O)Cc2ccccc2F)N1CC1CC1. The van der Waals surface area contributed by atoms with Crippen LogP contribution in [-0.4, -0.2) is 49.1 Å². The molecule has 1 amide bonds. The smallest absolute Gasteiger partial charge is 0.307 e. The van der Waals surface area contributed by atoms with Crippen LogP contribution in [0.2, 0.25) is 0 Å². The molecule has 26 heavy (non-hydrogen) atoms. The number of ether oxygens (including phenoxy) is 1. The Bertz CT molecular complexity index is 648. The summed E-state index contributed by atoms with van der Waals surface area (Å²) >= 11 is 0. The number of nitrogens with zero attached hydrogens (tertiary/aromatic N) is 1. The monoisotopic (exact) mass is 362 g/mol. The molecule has 0 bridgehead atoms. The molecule has 1 heterocycles. The fraction of sp³-hybridized carbons (Fsp3) is 0.600. The first-order chi connectivity index (χ1) is 12.6. The highest BCUT2D eigenvalue weighted by Gasteiger charge is 2.38. The topological polar surface area (TPSA) is 58.6 Å². The second kappa shape index (κ2) is 8.62. The van der Waals surface area contributed by atoms with Gasteiger partial charge in [0.2, 0.25) is 5.91 Å². The number of hydrogen-bond donors (Lipinski definition) is 1. The maximum atomic E-state index is 13.7. The van der Waals surface area contributed by atoms with E-state index < -0.39 is 0 Å². The molecule has 1 N–H and O–H groups in total. The summed E-state index contributed by atoms with van der Waals surface area (Å²) in [5.41, 5.74) is 0.412. The van der Waals surface area contributed by atoms with Crippen LogP contribution in [-0.2, 0) is 20.7 Å². The first kappa shape index (κ1) is 18.8. The lowest BCUT2D eigenvalue weighted by Crippen LogP contribution is -2.45. The molecule has 0 aromatic heterocycles. The van der Waals surface area contributed by atoms with E-state index in [0.29, 0.717) is 24.4 Å². The van der Waals surface area contributed by atoms with Crippen LogP contribution in [0.3, 0.4) is 0 Å². The molecule has 6 heteroatoms. The zero-order valence-electron chi connectivity index (χ0n) is 15.2. The largest absolute Gasteiger partial charge is 0.469 e. The molecule has 1 saturated carbocycles. The normalized spacial score (nSPS) is 23.0. The molecule has 5 nitrogen and oxygen atoms in total. The predicted octanol–water partition coefficient (Wildman–Crippen LogP) is 2.29. The van der Waals surface area contributed by atoms with Crippen molar-refractivity contribution in [2.24, 2.45) is 5.92 Å². The third kappa shape index (κ3) is 5.04. The predicted molar refractivity (Wildman–Crippen MR) is 96.0 cm³/mol. The number of benzene rings is 1. The second-order valence-electron chi connectivity index (χ2n) is 7.38. The van der Waals surface area contributed by atoms with Crippen molar-refractivity contribution in [2.45, 2.75) is 50.6 Å². The van der Waals surface area contributed by atoms with Gasteiger partial charge in [0.25, 0.3) is 0 Å². The molecular weight excluding hydrogens is 335 g/mol. The summed E-state index contributed by atoms with van der Waals surface area (Å²) in [7, 11) is 1.42. The van der Waals surface area contributed by atoms with Gasteiger partial charge in [0, 0.05) is 25.2 Å². The van der Waals surface area contributed by atoms with Crippen LogP contribution in [0.1, 0.15) is 37.7 Å². The molecule has 1 aromatic carbocycles. The van der Waals surface area contributed by atoms with Crippen molar-refractivity contribution in [1.82, 2.24) is 10.2 Å². The molecule has 2 atom stereocenters. The van der Waals surface area contributed by atoms with E-state index in [4.69, 9.17) is 4.74 Å². The van der Waals surface area contributed by atoms with Gasteiger partial charge in [-0.3, -0.25) is 14.5 Å². The molecule has 1 saturated heterocycles. The van der Waals surface area contributed by atoms with Crippen LogP contribution < -0.4 is 5.32 Å². The average Bonchev–Trinajstić information content (AvgIpc) is 3.37. The van der Waals surface area contributed by atoms with Crippen molar-refractivity contribution in [3.05, 3.63) is 35.6 Å². The van der Waals surface area contributed by atoms with E-state index in [9.17, 15) is 14.0 Å². The summed E-state index contributed by atoms with van der Waals surface area (Å²) < 4.78 is 18.5. The van der Waals surface area contributed by atoms with Crippen molar-refractivity contribution in [3.63, 3.8) is 0 Å². The lowest BCUT2D eigenvalue weighted by molar-refractivity contribution is -0.142. The van der Waals surface area contributed by atoms with Gasteiger partial charge in [-0.2, -0.15) is 0 Å². The molecule has 0 spiro atoms. The van der Waals surface area contributed by atoms with Crippen LogP contribution in [0.4, 0.5) is 4.39 Å². The van der Waals surface area contributed by atoms with E-state index in [-0.39, 0.29) is 36.2 Å². The standard InChI is InChI=1S/C20H27FN2O3/c1-26-20(25)11-16-8-9-17(23(16)13-14-6-7-14)12-22-19(24)10-15-4-2-3-5-18(15)21/h2-5,14,16-17H,6-13H2,1H3,(H,22,24)/t16-,17+/m1/s1. The summed E-state index contributed by atoms with van der Waals surface area (Å²) in [6.07, 6.45) is 4.84. The Kier molecular flexibility index (Phi) is 6.25. The Hall–Kier alpha value is -1.95. The fourth-order valence-corrected chi connectivity index (χ4v) is 3.73. The zero-order chi connectivity index (χ0) is 18.5. The first-order valence-electron chi connectivity index (χ1n) is 9.39. The highest BCUT2D eigenvalue weighted by Crippen LogP contribution is 2.35. The third-order valence-corrected chi connectivity index (χ3v) is 5.41. The van der Waals surface area contributed by atoms with E-state index >= 15 is 0 Å². The fourth-order valence-electron chi connectivity index (χ4n) is 3.73. The van der Waals surface area contributed by atoms with Crippen LogP contribution in [0.15, 0.2) is 24.3 Å². The molecular formula is C20H27FN2O3. The van der Waals surface area contributed by atoms with Gasteiger partial charge in [-0.1, -0.05) is 18.2 Å². The van der Waals surface area contributed by atoms with Crippen LogP contribution in [0.25, 0.3) is 0 Å². The molecule has 1 aliphatic carbocycles. The second-order valence-corrected chi connectivity index (χ2v) is 7.38. The zero-order valence-corrected chi connectivity index (χ0v) is 15.2. The minimum absolute atomic E-state index is 0.0492. The number of nitrogens with one attached hydrogen (secondary N) is 1. The van der Waals surface area contributed by atoms with Gasteiger partial charge in [-0.05, 0) is 43.2 Å². The minimum Gasteiger partial charge on any atom is -0.469 e. The molecule has 0 unspecified atom stereocenters. The third-order valence-electron chi connectivity index (χ3n) is 5.41. The highest BCUT2D eigenvalue weighted by atomic mass is 19.1. The van der Waals surface area contributed by atoms with Gasteiger partial charge in [-0.25, -0.2) is 4.39 Å². The number of esters is 1. The van der Waals surface area contributed by atoms with Crippen LogP contribution >= 0.6 is 0 Å². The molecule has 3 rings (SSSR count). The Morgan fingerprint density at radius 3 is 2.62 bits per heavy atom. The van der Waals surface area contributed by atoms with Gasteiger partial charge in [0.05, 0.1) is 20.0 Å². The average molecular weight is 362 g/mol. The van der Waals surface area contributed by atoms with Gasteiger partial charge in [-0.15, -0.1) is 0 Å². The van der Waals surface area contributed by atoms with E-state index in [0.717, 1.165) is 19.4 Å². The quantitative estimate of drug-likeness (QED) is 0.721. The van der Waals surface area contributed by atoms with Crippen molar-refractivity contribution in [2.75, 3.05) is 20.2 Å². The number of rotatable bonds is 8. The van der Waals surface area contributed by atoms with E-state index in [1.54, 1.807) is 18.2 Å². The van der Waals surface area contributed by atoms with Gasteiger partial charge >= 0.3 is 5.97 Å². The molecule has 1 aliphatic heterocycles. The maximum absolute atomic E-state index is 13.7. The molecule has 1 aromatic rings. The maximum Gasteiger partial charge on any atom is 0.307 e. The van der Waals surface area contributed by atoms with Crippen LogP contribution in [0.5, 0.6) is 0 Å². The number of hydrogen-bond acceptors (Lipinski definition) is 4. The number of carbonyl (C=O) groups excluding carboxylic acids is 2. The lowest BCUT2D eigenvalue weighted by Gasteiger charge is -2.30. The van der Waals surface area contributed by atoms with Crippen LogP contribution in [0, 0.1) is 11.7 Å². The van der Waals surface area contributed by atoms with Gasteiger partial charge in [0.15, 0.2) is 0 Å². The Labute approximate surface area is 153 Å². The van der Waals surface area contributed by atoms with Crippen molar-refractivity contribution in [3.8, 4) is 0 Å². The molecule has 2 aliphatic rings. The Balaban J connectivity index is 1.53. The molecule has 0 radical (unpaired) electrons. The number of amides is 1. The molecule has 142 valence electrons. The van der Waals surface area contributed by atoms with E-state index in [1.165, 1.54) is 26.0 Å². The number of halogens is 1. The van der Waals surface area contributed by atoms with Crippen molar-refractivity contribution < 1.29 is 18.7 Å². The molecule has 2 fully saturated rings. The van der Waals surface area contributed by atoms with Gasteiger partial charge in [0.1, 0.15) is 5.82 Å². The lowest BCUT2D eigenvalue weighted by atomic mass is 10.1. The van der Waals surface area contributed by atoms with Crippen molar-refractivity contribution >= 4 is 11.9 Å². The summed E-state index contributed by atoms with van der Waals surface area (Å²) in [5, 5.41) is 2.95. The highest BCUT2D eigenvalue weighted by molar-refractivity contribution is 5.78. The Morgan fingerprint density at radius 1 is 1.19 bits per heavy atom.